The molecule has 9 nitrogen and oxygen atoms in total. The molecule has 0 atom stereocenters. The zero-order valence-electron chi connectivity index (χ0n) is 19.5. The summed E-state index contributed by atoms with van der Waals surface area (Å²) in [6.07, 6.45) is 9.31. The van der Waals surface area contributed by atoms with E-state index in [0.717, 1.165) is 17.6 Å². The summed E-state index contributed by atoms with van der Waals surface area (Å²) in [5, 5.41) is 25.9. The molecular formula is C25H27FN8O. The highest BCUT2D eigenvalue weighted by atomic mass is 19.1. The fourth-order valence-corrected chi connectivity index (χ4v) is 4.31. The number of halogens is 1. The number of piperidine rings is 1. The number of nitrogens with zero attached hydrogens (tertiary/aromatic N) is 6. The molecule has 0 bridgehead atoms. The number of pyridine rings is 1. The summed E-state index contributed by atoms with van der Waals surface area (Å²) in [5.74, 6) is 0.374. The first-order valence-corrected chi connectivity index (χ1v) is 11.4. The molecule has 0 saturated carbocycles. The van der Waals surface area contributed by atoms with Gasteiger partial charge in [-0.1, -0.05) is 0 Å². The van der Waals surface area contributed by atoms with Crippen molar-refractivity contribution < 1.29 is 9.13 Å². The molecule has 1 saturated heterocycles. The van der Waals surface area contributed by atoms with Crippen molar-refractivity contribution in [1.29, 1.82) is 16.1 Å². The molecule has 3 aromatic rings. The van der Waals surface area contributed by atoms with Gasteiger partial charge in [-0.2, -0.15) is 9.65 Å². The van der Waals surface area contributed by atoms with Crippen molar-refractivity contribution >= 4 is 17.9 Å². The number of rotatable bonds is 8. The number of amidine groups is 1. The Morgan fingerprint density at radius 3 is 2.74 bits per heavy atom. The van der Waals surface area contributed by atoms with Crippen LogP contribution >= 0.6 is 0 Å². The Labute approximate surface area is 203 Å². The second-order valence-corrected chi connectivity index (χ2v) is 8.35. The van der Waals surface area contributed by atoms with Crippen molar-refractivity contribution in [2.24, 2.45) is 5.92 Å². The van der Waals surface area contributed by atoms with Gasteiger partial charge in [-0.3, -0.25) is 10.8 Å². The second-order valence-electron chi connectivity index (χ2n) is 8.35. The first-order valence-electron chi connectivity index (χ1n) is 11.4. The summed E-state index contributed by atoms with van der Waals surface area (Å²) in [6.45, 7) is 2.23. The topological polar surface area (TPSA) is 118 Å². The Morgan fingerprint density at radius 2 is 2.11 bits per heavy atom. The number of hydrogen-bond donors (Lipinski definition) is 2. The van der Waals surface area contributed by atoms with Crippen LogP contribution in [0.2, 0.25) is 0 Å². The van der Waals surface area contributed by atoms with Gasteiger partial charge in [0.15, 0.2) is 0 Å². The number of benzene rings is 1. The SMILES string of the molecule is CN(C=N)C(=N)C1CCN(c2c(-c3ccc(F)nc3)ccc(OCCn3ccnc3)c2C#N)CC1. The third-order valence-electron chi connectivity index (χ3n) is 6.23. The molecule has 2 aromatic heterocycles. The minimum Gasteiger partial charge on any atom is -0.490 e. The van der Waals surface area contributed by atoms with E-state index >= 15 is 0 Å². The van der Waals surface area contributed by atoms with Crippen LogP contribution in [0.3, 0.4) is 0 Å². The minimum absolute atomic E-state index is 0.0361. The monoisotopic (exact) mass is 474 g/mol. The van der Waals surface area contributed by atoms with Crippen molar-refractivity contribution in [2.75, 3.05) is 31.6 Å². The van der Waals surface area contributed by atoms with E-state index in [1.54, 1.807) is 31.7 Å². The lowest BCUT2D eigenvalue weighted by molar-refractivity contribution is 0.297. The zero-order valence-corrected chi connectivity index (χ0v) is 19.5. The van der Waals surface area contributed by atoms with Gasteiger partial charge in [0.2, 0.25) is 5.95 Å². The molecule has 1 fully saturated rings. The Kier molecular flexibility index (Phi) is 7.35. The fourth-order valence-electron chi connectivity index (χ4n) is 4.31. The van der Waals surface area contributed by atoms with Gasteiger partial charge < -0.3 is 19.1 Å². The van der Waals surface area contributed by atoms with Crippen molar-refractivity contribution in [1.82, 2.24) is 19.4 Å². The highest BCUT2D eigenvalue weighted by Crippen LogP contribution is 2.40. The first kappa shape index (κ1) is 23.9. The third-order valence-corrected chi connectivity index (χ3v) is 6.23. The molecule has 0 unspecified atom stereocenters. The number of nitrogens with one attached hydrogen (secondary N) is 2. The number of hydrogen-bond acceptors (Lipinski definition) is 7. The fraction of sp³-hybridized carbons (Fsp3) is 0.320. The summed E-state index contributed by atoms with van der Waals surface area (Å²) in [6, 6.07) is 8.95. The predicted molar refractivity (Wildman–Crippen MR) is 131 cm³/mol. The van der Waals surface area contributed by atoms with E-state index in [1.165, 1.54) is 17.2 Å². The molecule has 1 aromatic carbocycles. The van der Waals surface area contributed by atoms with Gasteiger partial charge in [-0.05, 0) is 37.1 Å². The molecule has 1 aliphatic heterocycles. The number of ether oxygens (including phenoxy) is 1. The van der Waals surface area contributed by atoms with Crippen LogP contribution in [0.5, 0.6) is 5.75 Å². The lowest BCUT2D eigenvalue weighted by Gasteiger charge is -2.36. The molecule has 0 spiro atoms. The van der Waals surface area contributed by atoms with Gasteiger partial charge in [0.05, 0.1) is 24.9 Å². The average molecular weight is 475 g/mol. The molecule has 0 aliphatic carbocycles. The van der Waals surface area contributed by atoms with Crippen LogP contribution in [0.4, 0.5) is 10.1 Å². The van der Waals surface area contributed by atoms with E-state index in [1.807, 2.05) is 16.8 Å². The van der Waals surface area contributed by atoms with Gasteiger partial charge in [-0.25, -0.2) is 9.97 Å². The Balaban J connectivity index is 1.64. The molecule has 10 heteroatoms. The van der Waals surface area contributed by atoms with Crippen LogP contribution in [0.15, 0.2) is 49.2 Å². The maximum atomic E-state index is 13.5. The summed E-state index contributed by atoms with van der Waals surface area (Å²) in [5.41, 5.74) is 2.64. The molecule has 0 amide bonds. The Bertz CT molecular complexity index is 1210. The normalized spacial score (nSPS) is 13.8. The van der Waals surface area contributed by atoms with Crippen molar-refractivity contribution in [2.45, 2.75) is 19.4 Å². The molecule has 2 N–H and O–H groups in total. The minimum atomic E-state index is -0.565. The first-order chi connectivity index (χ1) is 17.0. The highest BCUT2D eigenvalue weighted by Gasteiger charge is 2.28. The van der Waals surface area contributed by atoms with Gasteiger partial charge in [0.1, 0.15) is 29.8 Å². The van der Waals surface area contributed by atoms with Gasteiger partial charge >= 0.3 is 0 Å². The van der Waals surface area contributed by atoms with Gasteiger partial charge in [0.25, 0.3) is 0 Å². The zero-order chi connectivity index (χ0) is 24.8. The summed E-state index contributed by atoms with van der Waals surface area (Å²) in [7, 11) is 1.71. The predicted octanol–water partition coefficient (Wildman–Crippen LogP) is 3.77. The molecular weight excluding hydrogens is 447 g/mol. The smallest absolute Gasteiger partial charge is 0.212 e. The van der Waals surface area contributed by atoms with E-state index in [4.69, 9.17) is 15.6 Å². The average Bonchev–Trinajstić information content (AvgIpc) is 3.41. The van der Waals surface area contributed by atoms with Crippen LogP contribution in [-0.2, 0) is 6.54 Å². The van der Waals surface area contributed by atoms with Crippen molar-refractivity contribution in [3.63, 3.8) is 0 Å². The quantitative estimate of drug-likeness (QED) is 0.292. The third kappa shape index (κ3) is 5.30. The maximum Gasteiger partial charge on any atom is 0.212 e. The highest BCUT2D eigenvalue weighted by molar-refractivity contribution is 5.91. The summed E-state index contributed by atoms with van der Waals surface area (Å²) >= 11 is 0. The number of nitriles is 1. The van der Waals surface area contributed by atoms with E-state index < -0.39 is 5.95 Å². The number of anilines is 1. The van der Waals surface area contributed by atoms with Crippen LogP contribution in [0, 0.1) is 34.0 Å². The maximum absolute atomic E-state index is 13.5. The van der Waals surface area contributed by atoms with E-state index in [9.17, 15) is 9.65 Å². The van der Waals surface area contributed by atoms with Gasteiger partial charge in [0, 0.05) is 55.8 Å². The standard InChI is InChI=1S/C25H27FN8O/c1-32(16-28)25(29)18-6-9-34(10-7-18)24-20(19-2-5-23(26)31-15-19)3-4-22(21(24)14-27)35-13-12-33-11-8-30-17-33/h2-5,8,11,15-18,28-29H,6-7,9-10,12-13H2,1H3. The lowest BCUT2D eigenvalue weighted by atomic mass is 9.92. The molecule has 3 heterocycles. The Hall–Kier alpha value is -4.26. The van der Waals surface area contributed by atoms with Gasteiger partial charge in [-0.15, -0.1) is 0 Å². The molecule has 4 rings (SSSR count). The lowest BCUT2D eigenvalue weighted by Crippen LogP contribution is -2.41. The Morgan fingerprint density at radius 1 is 1.31 bits per heavy atom. The van der Waals surface area contributed by atoms with E-state index in [0.29, 0.717) is 61.8 Å². The molecule has 180 valence electrons. The van der Waals surface area contributed by atoms with E-state index in [2.05, 4.69) is 20.9 Å². The number of aromatic nitrogens is 3. The van der Waals surface area contributed by atoms with E-state index in [-0.39, 0.29) is 5.92 Å². The summed E-state index contributed by atoms with van der Waals surface area (Å²) < 4.78 is 21.4. The van der Waals surface area contributed by atoms with Crippen molar-refractivity contribution in [3.05, 3.63) is 60.7 Å². The molecule has 35 heavy (non-hydrogen) atoms. The van der Waals surface area contributed by atoms with Crippen LogP contribution in [0.1, 0.15) is 18.4 Å². The van der Waals surface area contributed by atoms with Crippen molar-refractivity contribution in [3.8, 4) is 22.9 Å². The largest absolute Gasteiger partial charge is 0.490 e. The van der Waals surface area contributed by atoms with Crippen LogP contribution < -0.4 is 9.64 Å². The van der Waals surface area contributed by atoms with Crippen LogP contribution in [0.25, 0.3) is 11.1 Å². The summed E-state index contributed by atoms with van der Waals surface area (Å²) in [4.78, 5) is 11.5. The molecule has 0 radical (unpaired) electrons. The second kappa shape index (κ2) is 10.8. The molecule has 1 aliphatic rings. The van der Waals surface area contributed by atoms with Crippen LogP contribution in [-0.4, -0.2) is 58.4 Å². The number of imidazole rings is 1.